The molecular formula is C11H9BrN2O2. The van der Waals surface area contributed by atoms with E-state index >= 15 is 0 Å². The number of amides is 1. The Morgan fingerprint density at radius 3 is 2.94 bits per heavy atom. The summed E-state index contributed by atoms with van der Waals surface area (Å²) >= 11 is 3.41. The lowest BCUT2D eigenvalue weighted by Crippen LogP contribution is -2.11. The van der Waals surface area contributed by atoms with Crippen LogP contribution in [0.1, 0.15) is 16.1 Å². The number of nitrogens with zero attached hydrogens (tertiary/aromatic N) is 1. The van der Waals surface area contributed by atoms with Crippen molar-refractivity contribution < 1.29 is 9.32 Å². The van der Waals surface area contributed by atoms with Crippen LogP contribution >= 0.6 is 15.9 Å². The minimum Gasteiger partial charge on any atom is -0.351 e. The molecule has 2 aromatic rings. The van der Waals surface area contributed by atoms with Gasteiger partial charge in [0.1, 0.15) is 0 Å². The number of rotatable bonds is 2. The molecule has 0 unspecified atom stereocenters. The van der Waals surface area contributed by atoms with Crippen molar-refractivity contribution in [3.05, 3.63) is 46.3 Å². The van der Waals surface area contributed by atoms with Gasteiger partial charge < -0.3 is 9.84 Å². The number of nitrogens with one attached hydrogen (secondary N) is 1. The fourth-order valence-electron chi connectivity index (χ4n) is 1.26. The van der Waals surface area contributed by atoms with Crippen molar-refractivity contribution in [2.75, 3.05) is 5.32 Å². The van der Waals surface area contributed by atoms with E-state index in [0.717, 1.165) is 10.0 Å². The molecule has 0 spiro atoms. The third-order valence-electron chi connectivity index (χ3n) is 2.10. The molecule has 0 saturated heterocycles. The van der Waals surface area contributed by atoms with Gasteiger partial charge in [-0.2, -0.15) is 0 Å². The number of aromatic nitrogens is 1. The van der Waals surface area contributed by atoms with Gasteiger partial charge in [0.05, 0.1) is 11.9 Å². The van der Waals surface area contributed by atoms with Crippen LogP contribution in [-0.4, -0.2) is 11.1 Å². The van der Waals surface area contributed by atoms with Crippen LogP contribution in [0.25, 0.3) is 0 Å². The van der Waals surface area contributed by atoms with E-state index in [2.05, 4.69) is 26.4 Å². The molecule has 0 atom stereocenters. The molecular weight excluding hydrogens is 272 g/mol. The van der Waals surface area contributed by atoms with Gasteiger partial charge in [0, 0.05) is 10.5 Å². The zero-order chi connectivity index (χ0) is 11.5. The van der Waals surface area contributed by atoms with E-state index in [0.29, 0.717) is 5.69 Å². The van der Waals surface area contributed by atoms with Crippen molar-refractivity contribution in [2.45, 2.75) is 6.92 Å². The lowest BCUT2D eigenvalue weighted by Gasteiger charge is -2.07. The second-order valence-electron chi connectivity index (χ2n) is 3.27. The number of benzene rings is 1. The molecule has 0 aliphatic rings. The summed E-state index contributed by atoms with van der Waals surface area (Å²) in [5.74, 6) is -0.128. The van der Waals surface area contributed by atoms with Crippen LogP contribution in [0.3, 0.4) is 0 Å². The Morgan fingerprint density at radius 2 is 2.25 bits per heavy atom. The first-order valence-corrected chi connectivity index (χ1v) is 5.45. The number of anilines is 1. The molecule has 2 rings (SSSR count). The van der Waals surface area contributed by atoms with Crippen LogP contribution in [0.5, 0.6) is 0 Å². The summed E-state index contributed by atoms with van der Waals surface area (Å²) in [5, 5.41) is 6.21. The summed E-state index contributed by atoms with van der Waals surface area (Å²) in [5.41, 5.74) is 1.76. The van der Waals surface area contributed by atoms with Crippen molar-refractivity contribution in [3.8, 4) is 0 Å². The van der Waals surface area contributed by atoms with Crippen LogP contribution in [0.15, 0.2) is 39.5 Å². The highest BCUT2D eigenvalue weighted by Gasteiger charge is 2.11. The Morgan fingerprint density at radius 1 is 1.44 bits per heavy atom. The second kappa shape index (κ2) is 4.49. The van der Waals surface area contributed by atoms with Gasteiger partial charge in [-0.15, -0.1) is 0 Å². The Labute approximate surface area is 101 Å². The van der Waals surface area contributed by atoms with Gasteiger partial charge in [-0.1, -0.05) is 17.3 Å². The molecule has 0 radical (unpaired) electrons. The van der Waals surface area contributed by atoms with E-state index in [4.69, 9.17) is 4.52 Å². The molecule has 4 nitrogen and oxygen atoms in total. The van der Waals surface area contributed by atoms with Crippen molar-refractivity contribution in [3.63, 3.8) is 0 Å². The van der Waals surface area contributed by atoms with Crippen LogP contribution in [0.4, 0.5) is 5.69 Å². The first kappa shape index (κ1) is 10.9. The van der Waals surface area contributed by atoms with Crippen LogP contribution in [0, 0.1) is 6.92 Å². The molecule has 16 heavy (non-hydrogen) atoms. The Bertz CT molecular complexity index is 509. The third-order valence-corrected chi connectivity index (χ3v) is 3.15. The number of carbonyl (C=O) groups is 1. The normalized spacial score (nSPS) is 10.1. The van der Waals surface area contributed by atoms with Gasteiger partial charge in [0.2, 0.25) is 5.76 Å². The van der Waals surface area contributed by atoms with E-state index < -0.39 is 0 Å². The number of hydrogen-bond acceptors (Lipinski definition) is 3. The highest BCUT2D eigenvalue weighted by molar-refractivity contribution is 9.10. The fourth-order valence-corrected chi connectivity index (χ4v) is 1.62. The molecule has 0 aliphatic heterocycles. The molecule has 5 heteroatoms. The Hall–Kier alpha value is -1.62. The molecule has 1 amide bonds. The van der Waals surface area contributed by atoms with Crippen molar-refractivity contribution in [2.24, 2.45) is 0 Å². The van der Waals surface area contributed by atoms with Gasteiger partial charge in [0.15, 0.2) is 0 Å². The molecule has 0 aliphatic carbocycles. The first-order valence-electron chi connectivity index (χ1n) is 4.65. The largest absolute Gasteiger partial charge is 0.351 e. The Balaban J connectivity index is 2.22. The van der Waals surface area contributed by atoms with E-state index in [1.165, 1.54) is 12.3 Å². The van der Waals surface area contributed by atoms with E-state index in [1.807, 2.05) is 25.1 Å². The van der Waals surface area contributed by atoms with Crippen LogP contribution in [0.2, 0.25) is 0 Å². The highest BCUT2D eigenvalue weighted by Crippen LogP contribution is 2.26. The second-order valence-corrected chi connectivity index (χ2v) is 4.06. The molecule has 0 fully saturated rings. The van der Waals surface area contributed by atoms with Gasteiger partial charge in [0.25, 0.3) is 5.91 Å². The zero-order valence-corrected chi connectivity index (χ0v) is 10.1. The topological polar surface area (TPSA) is 55.1 Å². The van der Waals surface area contributed by atoms with Crippen molar-refractivity contribution in [1.82, 2.24) is 5.16 Å². The standard InChI is InChI=1S/C11H9BrN2O2/c1-7-3-2-4-8(10(7)12)14-11(15)9-5-6-13-16-9/h2-6H,1H3,(H,14,15). The molecule has 1 N–H and O–H groups in total. The minimum absolute atomic E-state index is 0.188. The minimum atomic E-state index is -0.316. The van der Waals surface area contributed by atoms with Crippen molar-refractivity contribution in [1.29, 1.82) is 0 Å². The van der Waals surface area contributed by atoms with Gasteiger partial charge in [-0.25, -0.2) is 0 Å². The Kier molecular flexibility index (Phi) is 3.05. The average Bonchev–Trinajstić information content (AvgIpc) is 2.78. The molecule has 1 aromatic carbocycles. The van der Waals surface area contributed by atoms with Gasteiger partial charge >= 0.3 is 0 Å². The molecule has 1 heterocycles. The summed E-state index contributed by atoms with van der Waals surface area (Å²) in [6.45, 7) is 1.95. The molecule has 1 aromatic heterocycles. The van der Waals surface area contributed by atoms with Crippen molar-refractivity contribution >= 4 is 27.5 Å². The first-order chi connectivity index (χ1) is 7.68. The lowest BCUT2D eigenvalue weighted by atomic mass is 10.2. The van der Waals surface area contributed by atoms with E-state index in [-0.39, 0.29) is 11.7 Å². The fraction of sp³-hybridized carbons (Fsp3) is 0.0909. The number of hydrogen-bond donors (Lipinski definition) is 1. The maximum absolute atomic E-state index is 11.7. The predicted molar refractivity (Wildman–Crippen MR) is 63.3 cm³/mol. The summed E-state index contributed by atoms with van der Waals surface area (Å²) in [4.78, 5) is 11.7. The maximum atomic E-state index is 11.7. The van der Waals surface area contributed by atoms with Gasteiger partial charge in [-0.05, 0) is 34.5 Å². The number of halogens is 1. The number of aryl methyl sites for hydroxylation is 1. The quantitative estimate of drug-likeness (QED) is 0.920. The molecule has 0 saturated carbocycles. The molecule has 0 bridgehead atoms. The summed E-state index contributed by atoms with van der Waals surface area (Å²) in [7, 11) is 0. The molecule has 82 valence electrons. The monoisotopic (exact) mass is 280 g/mol. The SMILES string of the molecule is Cc1cccc(NC(=O)c2ccno2)c1Br. The van der Waals surface area contributed by atoms with Crippen LogP contribution in [-0.2, 0) is 0 Å². The summed E-state index contributed by atoms with van der Waals surface area (Å²) in [6, 6.07) is 7.15. The van der Waals surface area contributed by atoms with E-state index in [9.17, 15) is 4.79 Å². The maximum Gasteiger partial charge on any atom is 0.294 e. The van der Waals surface area contributed by atoms with Gasteiger partial charge in [-0.3, -0.25) is 4.79 Å². The lowest BCUT2D eigenvalue weighted by molar-refractivity contribution is 0.0988. The summed E-state index contributed by atoms with van der Waals surface area (Å²) < 4.78 is 5.62. The van der Waals surface area contributed by atoms with Crippen LogP contribution < -0.4 is 5.32 Å². The summed E-state index contributed by atoms with van der Waals surface area (Å²) in [6.07, 6.45) is 1.43. The predicted octanol–water partition coefficient (Wildman–Crippen LogP) is 3.00. The van der Waals surface area contributed by atoms with E-state index in [1.54, 1.807) is 0 Å². The highest BCUT2D eigenvalue weighted by atomic mass is 79.9. The third kappa shape index (κ3) is 2.14. The average molecular weight is 281 g/mol. The smallest absolute Gasteiger partial charge is 0.294 e. The number of carbonyl (C=O) groups excluding carboxylic acids is 1. The zero-order valence-electron chi connectivity index (χ0n) is 8.53.